The zero-order valence-electron chi connectivity index (χ0n) is 26.2. The third kappa shape index (κ3) is 8.13. The van der Waals surface area contributed by atoms with E-state index in [1.54, 1.807) is 0 Å². The SMILES string of the molecule is CN(C)CCCCCN(C)C1=Nc2c(F)cc(F)cc2C(CC(=O)NCc2ccccc2)N1c1ccc(-c2ccccc2)cc1. The maximum absolute atomic E-state index is 15.4. The molecule has 1 heterocycles. The molecule has 0 spiro atoms. The molecule has 6 nitrogen and oxygen atoms in total. The Labute approximate surface area is 265 Å². The smallest absolute Gasteiger partial charge is 0.222 e. The van der Waals surface area contributed by atoms with E-state index in [-0.39, 0.29) is 18.0 Å². The number of hydrogen-bond donors (Lipinski definition) is 1. The minimum absolute atomic E-state index is 0.0150. The Hall–Kier alpha value is -4.56. The Morgan fingerprint density at radius 3 is 2.16 bits per heavy atom. The quantitative estimate of drug-likeness (QED) is 0.169. The molecule has 4 aromatic rings. The first kappa shape index (κ1) is 31.9. The van der Waals surface area contributed by atoms with Gasteiger partial charge in [-0.2, -0.15) is 0 Å². The first-order valence-corrected chi connectivity index (χ1v) is 15.5. The van der Waals surface area contributed by atoms with Crippen molar-refractivity contribution in [1.82, 2.24) is 15.1 Å². The highest BCUT2D eigenvalue weighted by molar-refractivity contribution is 6.01. The summed E-state index contributed by atoms with van der Waals surface area (Å²) in [7, 11) is 6.07. The fourth-order valence-electron chi connectivity index (χ4n) is 5.70. The highest BCUT2D eigenvalue weighted by Gasteiger charge is 2.36. The van der Waals surface area contributed by atoms with Crippen molar-refractivity contribution in [2.75, 3.05) is 39.1 Å². The van der Waals surface area contributed by atoms with E-state index in [0.717, 1.165) is 54.3 Å². The molecule has 0 aromatic heterocycles. The van der Waals surface area contributed by atoms with E-state index in [2.05, 4.69) is 36.4 Å². The summed E-state index contributed by atoms with van der Waals surface area (Å²) in [5.74, 6) is -1.14. The summed E-state index contributed by atoms with van der Waals surface area (Å²) < 4.78 is 30.1. The van der Waals surface area contributed by atoms with Crippen LogP contribution in [0.2, 0.25) is 0 Å². The second-order valence-electron chi connectivity index (χ2n) is 11.8. The Morgan fingerprint density at radius 2 is 1.47 bits per heavy atom. The first-order chi connectivity index (χ1) is 21.8. The lowest BCUT2D eigenvalue weighted by atomic mass is 9.96. The molecule has 1 aliphatic rings. The van der Waals surface area contributed by atoms with Gasteiger partial charge in [-0.15, -0.1) is 0 Å². The molecule has 0 fully saturated rings. The standard InChI is InChI=1S/C37H41F2N5O/c1-42(2)21-11-6-12-22-43(3)37-41-36-32(23-30(38)24-33(36)39)34(25-35(45)40-26-27-13-7-4-8-14-27)44(37)31-19-17-29(18-20-31)28-15-9-5-10-16-28/h4-5,7-10,13-20,23-24,34H,6,11-12,21-22,25-26H2,1-3H3,(H,40,45). The molecule has 5 rings (SSSR count). The number of nitrogens with zero attached hydrogens (tertiary/aromatic N) is 4. The van der Waals surface area contributed by atoms with Gasteiger partial charge in [0, 0.05) is 37.5 Å². The molecule has 1 unspecified atom stereocenters. The number of nitrogens with one attached hydrogen (secondary N) is 1. The highest BCUT2D eigenvalue weighted by atomic mass is 19.1. The summed E-state index contributed by atoms with van der Waals surface area (Å²) in [6, 6.07) is 29.2. The maximum Gasteiger partial charge on any atom is 0.222 e. The number of amides is 1. The number of unbranched alkanes of at least 4 members (excludes halogenated alkanes) is 2. The monoisotopic (exact) mass is 609 g/mol. The van der Waals surface area contributed by atoms with E-state index in [0.29, 0.717) is 24.6 Å². The molecular weight excluding hydrogens is 568 g/mol. The number of fused-ring (bicyclic) bond motifs is 1. The van der Waals surface area contributed by atoms with E-state index < -0.39 is 17.7 Å². The number of hydrogen-bond acceptors (Lipinski definition) is 5. The second-order valence-corrected chi connectivity index (χ2v) is 11.8. The summed E-state index contributed by atoms with van der Waals surface area (Å²) in [4.78, 5) is 24.4. The van der Waals surface area contributed by atoms with Crippen molar-refractivity contribution in [3.05, 3.63) is 120 Å². The second kappa shape index (κ2) is 14.9. The Kier molecular flexibility index (Phi) is 10.6. The molecule has 0 saturated heterocycles. The summed E-state index contributed by atoms with van der Waals surface area (Å²) in [6.07, 6.45) is 3.01. The fourth-order valence-corrected chi connectivity index (χ4v) is 5.70. The van der Waals surface area contributed by atoms with Gasteiger partial charge in [0.25, 0.3) is 0 Å². The van der Waals surface area contributed by atoms with Crippen molar-refractivity contribution >= 4 is 23.2 Å². The van der Waals surface area contributed by atoms with Crippen molar-refractivity contribution in [2.24, 2.45) is 4.99 Å². The van der Waals surface area contributed by atoms with Gasteiger partial charge in [0.05, 0.1) is 12.5 Å². The van der Waals surface area contributed by atoms with E-state index in [9.17, 15) is 9.18 Å². The van der Waals surface area contributed by atoms with Crippen molar-refractivity contribution < 1.29 is 13.6 Å². The van der Waals surface area contributed by atoms with Crippen LogP contribution in [0.15, 0.2) is 102 Å². The molecule has 1 aliphatic heterocycles. The number of benzene rings is 4. The van der Waals surface area contributed by atoms with Crippen LogP contribution in [0.1, 0.15) is 42.9 Å². The Morgan fingerprint density at radius 1 is 0.822 bits per heavy atom. The number of halogens is 2. The van der Waals surface area contributed by atoms with Gasteiger partial charge < -0.3 is 20.0 Å². The van der Waals surface area contributed by atoms with Gasteiger partial charge in [0.1, 0.15) is 11.5 Å². The molecule has 0 radical (unpaired) electrons. The normalized spacial score (nSPS) is 14.2. The molecule has 1 N–H and O–H groups in total. The van der Waals surface area contributed by atoms with E-state index in [4.69, 9.17) is 4.99 Å². The van der Waals surface area contributed by atoms with Crippen LogP contribution in [0.5, 0.6) is 0 Å². The number of carbonyl (C=O) groups excluding carboxylic acids is 1. The lowest BCUT2D eigenvalue weighted by Crippen LogP contribution is -2.48. The molecule has 0 aliphatic carbocycles. The summed E-state index contributed by atoms with van der Waals surface area (Å²) >= 11 is 0. The van der Waals surface area contributed by atoms with Crippen LogP contribution >= 0.6 is 0 Å². The van der Waals surface area contributed by atoms with E-state index >= 15 is 4.39 Å². The van der Waals surface area contributed by atoms with Crippen LogP contribution in [-0.4, -0.2) is 55.9 Å². The van der Waals surface area contributed by atoms with Crippen LogP contribution in [0.25, 0.3) is 11.1 Å². The maximum atomic E-state index is 15.4. The Balaban J connectivity index is 1.50. The predicted octanol–water partition coefficient (Wildman–Crippen LogP) is 7.55. The summed E-state index contributed by atoms with van der Waals surface area (Å²) in [5.41, 5.74) is 4.29. The van der Waals surface area contributed by atoms with Gasteiger partial charge in [-0.1, -0.05) is 79.2 Å². The number of rotatable bonds is 12. The zero-order valence-corrected chi connectivity index (χ0v) is 26.2. The highest BCUT2D eigenvalue weighted by Crippen LogP contribution is 2.42. The average molecular weight is 610 g/mol. The zero-order chi connectivity index (χ0) is 31.8. The third-order valence-electron chi connectivity index (χ3n) is 8.06. The van der Waals surface area contributed by atoms with Crippen LogP contribution in [-0.2, 0) is 11.3 Å². The number of aliphatic imine (C=N–C) groups is 1. The minimum atomic E-state index is -0.740. The minimum Gasteiger partial charge on any atom is -0.352 e. The first-order valence-electron chi connectivity index (χ1n) is 15.5. The van der Waals surface area contributed by atoms with Gasteiger partial charge in [0.2, 0.25) is 11.9 Å². The number of anilines is 1. The number of carbonyl (C=O) groups is 1. The molecule has 0 saturated carbocycles. The average Bonchev–Trinajstić information content (AvgIpc) is 3.04. The summed E-state index contributed by atoms with van der Waals surface area (Å²) in [6.45, 7) is 2.06. The number of guanidine groups is 1. The van der Waals surface area contributed by atoms with Crippen molar-refractivity contribution in [1.29, 1.82) is 0 Å². The molecular formula is C37H41F2N5O. The molecule has 4 aromatic carbocycles. The van der Waals surface area contributed by atoms with Crippen molar-refractivity contribution in [3.8, 4) is 11.1 Å². The van der Waals surface area contributed by atoms with Gasteiger partial charge in [-0.05, 0) is 68.4 Å². The predicted molar refractivity (Wildman–Crippen MR) is 178 cm³/mol. The van der Waals surface area contributed by atoms with Gasteiger partial charge in [-0.25, -0.2) is 13.8 Å². The third-order valence-corrected chi connectivity index (χ3v) is 8.06. The van der Waals surface area contributed by atoms with Crippen LogP contribution in [0.3, 0.4) is 0 Å². The van der Waals surface area contributed by atoms with E-state index in [1.807, 2.05) is 89.6 Å². The topological polar surface area (TPSA) is 51.2 Å². The van der Waals surface area contributed by atoms with Gasteiger partial charge >= 0.3 is 0 Å². The molecule has 234 valence electrons. The van der Waals surface area contributed by atoms with E-state index in [1.165, 1.54) is 6.07 Å². The van der Waals surface area contributed by atoms with Crippen LogP contribution < -0.4 is 10.2 Å². The molecule has 45 heavy (non-hydrogen) atoms. The Bertz CT molecular complexity index is 1590. The molecule has 0 bridgehead atoms. The van der Waals surface area contributed by atoms with Gasteiger partial charge in [0.15, 0.2) is 5.82 Å². The van der Waals surface area contributed by atoms with Crippen LogP contribution in [0, 0.1) is 11.6 Å². The molecule has 1 atom stereocenters. The molecule has 1 amide bonds. The van der Waals surface area contributed by atoms with Crippen molar-refractivity contribution in [2.45, 2.75) is 38.3 Å². The largest absolute Gasteiger partial charge is 0.352 e. The van der Waals surface area contributed by atoms with Crippen LogP contribution in [0.4, 0.5) is 20.2 Å². The summed E-state index contributed by atoms with van der Waals surface area (Å²) in [5, 5.41) is 3.00. The lowest BCUT2D eigenvalue weighted by molar-refractivity contribution is -0.121. The molecule has 8 heteroatoms. The fraction of sp³-hybridized carbons (Fsp3) is 0.297. The lowest BCUT2D eigenvalue weighted by Gasteiger charge is -2.41. The van der Waals surface area contributed by atoms with Crippen molar-refractivity contribution in [3.63, 3.8) is 0 Å². The van der Waals surface area contributed by atoms with Gasteiger partial charge in [-0.3, -0.25) is 4.79 Å².